The highest BCUT2D eigenvalue weighted by Gasteiger charge is 2.28. The summed E-state index contributed by atoms with van der Waals surface area (Å²) in [5.74, 6) is 0.980. The Balaban J connectivity index is 1.40. The highest BCUT2D eigenvalue weighted by Crippen LogP contribution is 2.30. The third kappa shape index (κ3) is 6.41. The van der Waals surface area contributed by atoms with Crippen molar-refractivity contribution in [2.45, 2.75) is 58.1 Å². The van der Waals surface area contributed by atoms with E-state index in [-0.39, 0.29) is 17.5 Å². The Bertz CT molecular complexity index is 1350. The summed E-state index contributed by atoms with van der Waals surface area (Å²) in [7, 11) is 0. The van der Waals surface area contributed by atoms with Crippen molar-refractivity contribution in [3.05, 3.63) is 84.1 Å². The van der Waals surface area contributed by atoms with Gasteiger partial charge in [0.15, 0.2) is 0 Å². The summed E-state index contributed by atoms with van der Waals surface area (Å²) in [4.78, 5) is 16.2. The van der Waals surface area contributed by atoms with Gasteiger partial charge in [-0.25, -0.2) is 14.4 Å². The molecule has 0 saturated carbocycles. The minimum atomic E-state index is -0.309. The molecule has 2 aromatic carbocycles. The molecule has 5 rings (SSSR count). The summed E-state index contributed by atoms with van der Waals surface area (Å²) in [5.41, 5.74) is 3.75. The molecule has 3 heterocycles. The van der Waals surface area contributed by atoms with Crippen LogP contribution in [0.5, 0.6) is 5.75 Å². The third-order valence-electron chi connectivity index (χ3n) is 6.90. The van der Waals surface area contributed by atoms with Crippen LogP contribution >= 0.6 is 0 Å². The molecule has 0 spiro atoms. The first-order valence-electron chi connectivity index (χ1n) is 13.0. The molecule has 2 aromatic heterocycles. The lowest BCUT2D eigenvalue weighted by atomic mass is 9.99. The monoisotopic (exact) mass is 499 g/mol. The lowest BCUT2D eigenvalue weighted by Crippen LogP contribution is -2.48. The van der Waals surface area contributed by atoms with Gasteiger partial charge in [0.1, 0.15) is 17.7 Å². The van der Waals surface area contributed by atoms with E-state index in [1.54, 1.807) is 18.3 Å². The van der Waals surface area contributed by atoms with Gasteiger partial charge in [0.05, 0.1) is 5.52 Å². The van der Waals surface area contributed by atoms with Crippen molar-refractivity contribution in [1.29, 1.82) is 0 Å². The lowest BCUT2D eigenvalue weighted by molar-refractivity contribution is 0.0488. The highest BCUT2D eigenvalue weighted by atomic mass is 19.1. The average Bonchev–Trinajstić information content (AvgIpc) is 2.88. The molecule has 1 saturated heterocycles. The lowest BCUT2D eigenvalue weighted by Gasteiger charge is -2.40. The van der Waals surface area contributed by atoms with Crippen molar-refractivity contribution < 1.29 is 9.13 Å². The quantitative estimate of drug-likeness (QED) is 0.320. The van der Waals surface area contributed by atoms with E-state index in [0.29, 0.717) is 11.6 Å². The molecule has 7 heteroatoms. The number of aromatic nitrogens is 3. The second-order valence-electron chi connectivity index (χ2n) is 10.6. The standard InChI is InChI=1S/C30H34FN5O/c1-30(2,3)36-15-12-26(13-16-36)37-28-19-27-22(17-21(28)10-11-24-8-4-5-14-32-24)20-33-29(35-27)34-25-9-6-7-23(31)18-25/h4-9,14,17-20,26H,10-13,15-16H2,1-3H3,(H,33,34,35). The van der Waals surface area contributed by atoms with Gasteiger partial charge < -0.3 is 10.1 Å². The topological polar surface area (TPSA) is 63.2 Å². The molecule has 1 aliphatic heterocycles. The Labute approximate surface area is 217 Å². The first kappa shape index (κ1) is 25.1. The number of likely N-dealkylation sites (tertiary alicyclic amines) is 1. The first-order chi connectivity index (χ1) is 17.8. The number of benzene rings is 2. The number of pyridine rings is 1. The fourth-order valence-corrected chi connectivity index (χ4v) is 4.80. The van der Waals surface area contributed by atoms with Crippen LogP contribution < -0.4 is 10.1 Å². The Morgan fingerprint density at radius 1 is 1.00 bits per heavy atom. The smallest absolute Gasteiger partial charge is 0.227 e. The maximum absolute atomic E-state index is 13.6. The number of aryl methyl sites for hydroxylation is 2. The van der Waals surface area contributed by atoms with Gasteiger partial charge in [-0.1, -0.05) is 12.1 Å². The Hall–Kier alpha value is -3.58. The van der Waals surface area contributed by atoms with Gasteiger partial charge >= 0.3 is 0 Å². The zero-order chi connectivity index (χ0) is 25.8. The molecule has 4 aromatic rings. The maximum atomic E-state index is 13.6. The molecular weight excluding hydrogens is 465 g/mol. The molecule has 0 bridgehead atoms. The van der Waals surface area contributed by atoms with Crippen molar-refractivity contribution in [1.82, 2.24) is 19.9 Å². The number of hydrogen-bond acceptors (Lipinski definition) is 6. The predicted molar refractivity (Wildman–Crippen MR) is 146 cm³/mol. The molecule has 0 amide bonds. The first-order valence-corrected chi connectivity index (χ1v) is 13.0. The minimum Gasteiger partial charge on any atom is -0.490 e. The van der Waals surface area contributed by atoms with Gasteiger partial charge in [0.25, 0.3) is 0 Å². The van der Waals surface area contributed by atoms with E-state index < -0.39 is 0 Å². The Morgan fingerprint density at radius 3 is 2.57 bits per heavy atom. The van der Waals surface area contributed by atoms with Crippen LogP contribution in [-0.4, -0.2) is 44.6 Å². The van der Waals surface area contributed by atoms with E-state index in [9.17, 15) is 4.39 Å². The highest BCUT2D eigenvalue weighted by molar-refractivity contribution is 5.82. The van der Waals surface area contributed by atoms with Crippen LogP contribution in [0, 0.1) is 5.82 Å². The molecule has 0 unspecified atom stereocenters. The van der Waals surface area contributed by atoms with Crippen molar-refractivity contribution >= 4 is 22.5 Å². The summed E-state index contributed by atoms with van der Waals surface area (Å²) < 4.78 is 20.3. The van der Waals surface area contributed by atoms with E-state index >= 15 is 0 Å². The van der Waals surface area contributed by atoms with Gasteiger partial charge in [0, 0.05) is 53.9 Å². The zero-order valence-electron chi connectivity index (χ0n) is 21.7. The van der Waals surface area contributed by atoms with Crippen LogP contribution in [0.1, 0.15) is 44.9 Å². The fourth-order valence-electron chi connectivity index (χ4n) is 4.80. The number of ether oxygens (including phenoxy) is 1. The van der Waals surface area contributed by atoms with Crippen LogP contribution in [0.25, 0.3) is 10.9 Å². The maximum Gasteiger partial charge on any atom is 0.227 e. The molecular formula is C30H34FN5O. The number of nitrogens with zero attached hydrogens (tertiary/aromatic N) is 4. The molecule has 6 nitrogen and oxygen atoms in total. The summed E-state index contributed by atoms with van der Waals surface area (Å²) in [6, 6.07) is 16.4. The molecule has 1 N–H and O–H groups in total. The SMILES string of the molecule is CC(C)(C)N1CCC(Oc2cc3nc(Nc4cccc(F)c4)ncc3cc2CCc2ccccn2)CC1. The molecule has 0 atom stereocenters. The third-order valence-corrected chi connectivity index (χ3v) is 6.90. The van der Waals surface area contributed by atoms with Crippen molar-refractivity contribution in [3.8, 4) is 5.75 Å². The predicted octanol–water partition coefficient (Wildman–Crippen LogP) is 6.33. The Kier molecular flexibility index (Phi) is 7.33. The van der Waals surface area contributed by atoms with Crippen molar-refractivity contribution in [2.75, 3.05) is 18.4 Å². The van der Waals surface area contributed by atoms with E-state index in [4.69, 9.17) is 9.72 Å². The number of rotatable bonds is 7. The summed E-state index contributed by atoms with van der Waals surface area (Å²) in [6.07, 6.45) is 7.42. The normalized spacial score (nSPS) is 15.1. The van der Waals surface area contributed by atoms with E-state index in [1.165, 1.54) is 12.1 Å². The number of nitrogens with one attached hydrogen (secondary N) is 1. The second-order valence-corrected chi connectivity index (χ2v) is 10.6. The van der Waals surface area contributed by atoms with E-state index in [1.807, 2.05) is 24.4 Å². The number of halogens is 1. The van der Waals surface area contributed by atoms with Gasteiger partial charge in [-0.15, -0.1) is 0 Å². The largest absolute Gasteiger partial charge is 0.490 e. The van der Waals surface area contributed by atoms with Gasteiger partial charge in [-0.3, -0.25) is 9.88 Å². The molecule has 0 aliphatic carbocycles. The van der Waals surface area contributed by atoms with E-state index in [2.05, 4.69) is 53.1 Å². The summed E-state index contributed by atoms with van der Waals surface area (Å²) >= 11 is 0. The van der Waals surface area contributed by atoms with Crippen molar-refractivity contribution in [3.63, 3.8) is 0 Å². The van der Waals surface area contributed by atoms with E-state index in [0.717, 1.165) is 66.7 Å². The Morgan fingerprint density at radius 2 is 1.84 bits per heavy atom. The van der Waals surface area contributed by atoms with Crippen LogP contribution in [-0.2, 0) is 12.8 Å². The second kappa shape index (κ2) is 10.8. The molecule has 0 radical (unpaired) electrons. The van der Waals surface area contributed by atoms with Gasteiger partial charge in [-0.2, -0.15) is 0 Å². The number of fused-ring (bicyclic) bond motifs is 1. The summed E-state index contributed by atoms with van der Waals surface area (Å²) in [6.45, 7) is 8.84. The molecule has 1 aliphatic rings. The zero-order valence-corrected chi connectivity index (χ0v) is 21.7. The minimum absolute atomic E-state index is 0.163. The van der Waals surface area contributed by atoms with Crippen molar-refractivity contribution in [2.24, 2.45) is 0 Å². The number of anilines is 2. The molecule has 37 heavy (non-hydrogen) atoms. The van der Waals surface area contributed by atoms with Crippen LogP contribution in [0.15, 0.2) is 67.0 Å². The van der Waals surface area contributed by atoms with Crippen LogP contribution in [0.2, 0.25) is 0 Å². The fraction of sp³-hybridized carbons (Fsp3) is 0.367. The van der Waals surface area contributed by atoms with Crippen LogP contribution in [0.4, 0.5) is 16.0 Å². The number of piperidine rings is 1. The van der Waals surface area contributed by atoms with Gasteiger partial charge in [0.2, 0.25) is 5.95 Å². The van der Waals surface area contributed by atoms with Crippen LogP contribution in [0.3, 0.4) is 0 Å². The number of hydrogen-bond donors (Lipinski definition) is 1. The van der Waals surface area contributed by atoms with Gasteiger partial charge in [-0.05, 0) is 88.4 Å². The molecule has 192 valence electrons. The molecule has 1 fully saturated rings. The average molecular weight is 500 g/mol. The summed E-state index contributed by atoms with van der Waals surface area (Å²) in [5, 5.41) is 4.04.